The van der Waals surface area contributed by atoms with Crippen molar-refractivity contribution in [1.82, 2.24) is 29.7 Å². The van der Waals surface area contributed by atoms with Crippen molar-refractivity contribution in [3.05, 3.63) is 98.8 Å². The summed E-state index contributed by atoms with van der Waals surface area (Å²) in [5, 5.41) is 17.0. The fourth-order valence-electron chi connectivity index (χ4n) is 7.22. The normalized spacial score (nSPS) is 14.7. The summed E-state index contributed by atoms with van der Waals surface area (Å²) in [6.45, 7) is 1.74. The van der Waals surface area contributed by atoms with Gasteiger partial charge < -0.3 is 48.9 Å². The van der Waals surface area contributed by atoms with Crippen LogP contribution in [0.3, 0.4) is 0 Å². The lowest BCUT2D eigenvalue weighted by Gasteiger charge is -2.29. The molecule has 20 nitrogen and oxygen atoms in total. The van der Waals surface area contributed by atoms with Gasteiger partial charge in [0.1, 0.15) is 42.5 Å². The van der Waals surface area contributed by atoms with Crippen molar-refractivity contribution < 1.29 is 52.2 Å². The Balaban J connectivity index is 0.845. The zero-order valence-electron chi connectivity index (χ0n) is 34.7. The summed E-state index contributed by atoms with van der Waals surface area (Å²) in [6.07, 6.45) is 3.19. The second kappa shape index (κ2) is 20.6. The molecular weight excluding hydrogens is 861 g/mol. The van der Waals surface area contributed by atoms with Crippen LogP contribution in [0.15, 0.2) is 61.1 Å². The minimum Gasteiger partial charge on any atom is -0.493 e. The molecule has 4 amide bonds. The van der Waals surface area contributed by atoms with E-state index in [-0.39, 0.29) is 107 Å². The Hall–Kier alpha value is -6.81. The summed E-state index contributed by atoms with van der Waals surface area (Å²) in [4.78, 5) is 76.7. The number of ether oxygens (including phenoxy) is 5. The average molecular weight is 904 g/mol. The lowest BCUT2D eigenvalue weighted by molar-refractivity contribution is -0.396. The number of carbonyl (C=O) groups excluding carboxylic acids is 4. The van der Waals surface area contributed by atoms with Crippen LogP contribution in [0.2, 0.25) is 5.02 Å². The molecule has 2 N–H and O–H groups in total. The van der Waals surface area contributed by atoms with Gasteiger partial charge in [0.25, 0.3) is 5.91 Å². The molecule has 2 aromatic heterocycles. The quantitative estimate of drug-likeness (QED) is 0.0443. The highest BCUT2D eigenvalue weighted by Gasteiger charge is 2.40. The first-order chi connectivity index (χ1) is 30.9. The largest absolute Gasteiger partial charge is 0.493 e. The smallest absolute Gasteiger partial charge is 0.434 e. The molecule has 7 rings (SSSR count). The van der Waals surface area contributed by atoms with E-state index >= 15 is 0 Å². The van der Waals surface area contributed by atoms with E-state index in [9.17, 15) is 33.7 Å². The monoisotopic (exact) mass is 903 g/mol. The van der Waals surface area contributed by atoms with Crippen molar-refractivity contribution in [3.8, 4) is 11.5 Å². The Morgan fingerprint density at radius 1 is 1.00 bits per heavy atom. The van der Waals surface area contributed by atoms with Gasteiger partial charge in [-0.15, -0.1) is 0 Å². The van der Waals surface area contributed by atoms with E-state index in [4.69, 9.17) is 35.3 Å². The predicted molar refractivity (Wildman–Crippen MR) is 227 cm³/mol. The molecule has 4 heterocycles. The van der Waals surface area contributed by atoms with Crippen LogP contribution in [0.1, 0.15) is 40.9 Å². The first-order valence-corrected chi connectivity index (χ1v) is 20.4. The third-order valence-corrected chi connectivity index (χ3v) is 10.8. The highest BCUT2D eigenvalue weighted by molar-refractivity contribution is 6.31. The molecule has 0 aliphatic carbocycles. The number of carbonyl (C=O) groups is 4. The molecule has 1 fully saturated rings. The van der Waals surface area contributed by atoms with Crippen molar-refractivity contribution in [2.75, 3.05) is 63.6 Å². The van der Waals surface area contributed by atoms with Gasteiger partial charge in [-0.25, -0.2) is 18.9 Å². The number of halogens is 2. The number of amides is 4. The predicted octanol–water partition coefficient (Wildman–Crippen LogP) is 4.63. The number of nitro groups is 1. The Kier molecular flexibility index (Phi) is 14.5. The molecule has 0 saturated carbocycles. The van der Waals surface area contributed by atoms with Crippen molar-refractivity contribution in [3.63, 3.8) is 0 Å². The Morgan fingerprint density at radius 3 is 2.45 bits per heavy atom. The number of nitrogens with zero attached hydrogens (tertiary/aromatic N) is 7. The minimum atomic E-state index is -0.754. The lowest BCUT2D eigenvalue weighted by atomic mass is 10.0. The van der Waals surface area contributed by atoms with Crippen molar-refractivity contribution in [1.29, 1.82) is 0 Å². The molecule has 5 aromatic rings. The van der Waals surface area contributed by atoms with Gasteiger partial charge in [-0.2, -0.15) is 0 Å². The Bertz CT molecular complexity index is 2580. The zero-order chi connectivity index (χ0) is 45.3. The number of hydrogen-bond donors (Lipinski definition) is 2. The molecule has 1 unspecified atom stereocenters. The number of imide groups is 1. The number of aromatic nitrogens is 4. The van der Waals surface area contributed by atoms with Crippen LogP contribution in [-0.4, -0.2) is 112 Å². The number of piperidine rings is 1. The molecule has 2 aliphatic heterocycles. The van der Waals surface area contributed by atoms with Crippen LogP contribution in [0.25, 0.3) is 10.9 Å². The maximum absolute atomic E-state index is 14.2. The van der Waals surface area contributed by atoms with Crippen molar-refractivity contribution in [2.45, 2.75) is 38.4 Å². The SMILES string of the molecule is COc1cc2ncnc(N(Cc3cnc([N+](=O)[O-])n3C)c3ccc(F)c(Cl)c3)c2cc1OCCOCCOCCOCCC(=O)Nc1cccc2c1CN(C1CCC(=O)NC1=O)C2=O. The molecule has 64 heavy (non-hydrogen) atoms. The molecule has 3 aromatic carbocycles. The van der Waals surface area contributed by atoms with Crippen LogP contribution in [0, 0.1) is 15.9 Å². The van der Waals surface area contributed by atoms with E-state index in [1.807, 2.05) is 0 Å². The molecule has 0 radical (unpaired) electrons. The molecular formula is C42H43ClFN9O11. The number of benzene rings is 3. The first-order valence-electron chi connectivity index (χ1n) is 20.1. The van der Waals surface area contributed by atoms with Gasteiger partial charge in [0, 0.05) is 46.9 Å². The van der Waals surface area contributed by atoms with Crippen LogP contribution in [-0.2, 0) is 48.7 Å². The van der Waals surface area contributed by atoms with Crippen LogP contribution in [0.4, 0.5) is 27.5 Å². The summed E-state index contributed by atoms with van der Waals surface area (Å²) >= 11 is 6.18. The lowest BCUT2D eigenvalue weighted by Crippen LogP contribution is -2.52. The van der Waals surface area contributed by atoms with Gasteiger partial charge in [0.2, 0.25) is 17.7 Å². The summed E-state index contributed by atoms with van der Waals surface area (Å²) in [5.74, 6) is -1.33. The maximum atomic E-state index is 14.2. The number of nitrogens with one attached hydrogen (secondary N) is 2. The number of hydrogen-bond acceptors (Lipinski definition) is 15. The van der Waals surface area contributed by atoms with E-state index in [1.165, 1.54) is 54.3 Å². The molecule has 1 saturated heterocycles. The zero-order valence-corrected chi connectivity index (χ0v) is 35.5. The molecule has 0 spiro atoms. The van der Waals surface area contributed by atoms with Gasteiger partial charge in [-0.05, 0) is 47.7 Å². The van der Waals surface area contributed by atoms with Gasteiger partial charge in [0.15, 0.2) is 11.5 Å². The van der Waals surface area contributed by atoms with Gasteiger partial charge >= 0.3 is 5.95 Å². The fourth-order valence-corrected chi connectivity index (χ4v) is 7.40. The van der Waals surface area contributed by atoms with Gasteiger partial charge in [-0.1, -0.05) is 22.7 Å². The third-order valence-electron chi connectivity index (χ3n) is 10.5. The molecule has 0 bridgehead atoms. The molecule has 1 atom stereocenters. The minimum absolute atomic E-state index is 0.0467. The Morgan fingerprint density at radius 2 is 1.75 bits per heavy atom. The highest BCUT2D eigenvalue weighted by atomic mass is 35.5. The first kappa shape index (κ1) is 45.2. The van der Waals surface area contributed by atoms with Crippen molar-refractivity contribution in [2.24, 2.45) is 7.05 Å². The van der Waals surface area contributed by atoms with Crippen LogP contribution in [0.5, 0.6) is 11.5 Å². The van der Waals surface area contributed by atoms with Gasteiger partial charge in [-0.3, -0.25) is 24.5 Å². The number of methoxy groups -OCH3 is 1. The topological polar surface area (TPSA) is 232 Å². The van der Waals surface area contributed by atoms with E-state index < -0.39 is 22.7 Å². The van der Waals surface area contributed by atoms with E-state index in [1.54, 1.807) is 35.2 Å². The second-order valence-corrected chi connectivity index (χ2v) is 14.9. The standard InChI is InChI=1S/C42H43ClFN9O11/c1-50-26(21-45-42(50)53(58)59)22-51(25-6-7-31(44)30(43)18-25)39-28-19-36(35(60-2)20-33(28)46-24-47-39)64-17-16-63-15-14-62-13-12-61-11-10-38(55)48-32-5-3-4-27-29(32)23-52(41(27)57)34-8-9-37(54)49-40(34)56/h3-7,18-21,24,34H,8-17,22-23H2,1-2H3,(H,48,55)(H,49,54,56). The Labute approximate surface area is 369 Å². The maximum Gasteiger partial charge on any atom is 0.434 e. The summed E-state index contributed by atoms with van der Waals surface area (Å²) in [7, 11) is 3.01. The highest BCUT2D eigenvalue weighted by Crippen LogP contribution is 2.39. The molecule has 22 heteroatoms. The van der Waals surface area contributed by atoms with Crippen LogP contribution < -0.4 is 25.0 Å². The summed E-state index contributed by atoms with van der Waals surface area (Å²) < 4.78 is 44.1. The van der Waals surface area contributed by atoms with E-state index in [2.05, 4.69) is 25.6 Å². The third kappa shape index (κ3) is 10.3. The average Bonchev–Trinajstić information content (AvgIpc) is 3.82. The van der Waals surface area contributed by atoms with E-state index in [0.717, 1.165) is 0 Å². The van der Waals surface area contributed by atoms with Crippen LogP contribution >= 0.6 is 11.6 Å². The number of fused-ring (bicyclic) bond motifs is 2. The fraction of sp³-hybridized carbons (Fsp3) is 0.357. The van der Waals surface area contributed by atoms with E-state index in [0.29, 0.717) is 56.4 Å². The molecule has 2 aliphatic rings. The molecule has 336 valence electrons. The number of anilines is 3. The van der Waals surface area contributed by atoms with Crippen molar-refractivity contribution >= 4 is 69.3 Å². The summed E-state index contributed by atoms with van der Waals surface area (Å²) in [6, 6.07) is 11.8. The second-order valence-electron chi connectivity index (χ2n) is 14.5. The number of imidazole rings is 1. The van der Waals surface area contributed by atoms with Gasteiger partial charge in [0.05, 0.1) is 77.3 Å². The summed E-state index contributed by atoms with van der Waals surface area (Å²) in [5.41, 5.74) is 2.91. The number of rotatable bonds is 21.